The van der Waals surface area contributed by atoms with Gasteiger partial charge in [0.1, 0.15) is 0 Å². The lowest BCUT2D eigenvalue weighted by molar-refractivity contribution is -0.116. The van der Waals surface area contributed by atoms with Gasteiger partial charge in [0.2, 0.25) is 5.91 Å². The number of rotatable bonds is 5. The van der Waals surface area contributed by atoms with Gasteiger partial charge >= 0.3 is 0 Å². The van der Waals surface area contributed by atoms with Gasteiger partial charge in [-0.15, -0.1) is 0 Å². The first-order valence-corrected chi connectivity index (χ1v) is 9.16. The highest BCUT2D eigenvalue weighted by Crippen LogP contribution is 2.29. The molecule has 25 heavy (non-hydrogen) atoms. The Bertz CT molecular complexity index is 781. The maximum Gasteiger partial charge on any atom is 0.286 e. The van der Waals surface area contributed by atoms with Crippen molar-refractivity contribution in [3.05, 3.63) is 58.1 Å². The topological polar surface area (TPSA) is 49.4 Å². The summed E-state index contributed by atoms with van der Waals surface area (Å²) >= 11 is 13.2. The van der Waals surface area contributed by atoms with E-state index in [0.717, 1.165) is 17.3 Å². The molecule has 0 saturated carbocycles. The fourth-order valence-electron chi connectivity index (χ4n) is 2.05. The van der Waals surface area contributed by atoms with Crippen LogP contribution in [-0.2, 0) is 11.2 Å². The Kier molecular flexibility index (Phi) is 7.17. The highest BCUT2D eigenvalue weighted by Gasteiger charge is 2.13. The van der Waals surface area contributed by atoms with Crippen molar-refractivity contribution in [2.24, 2.45) is 0 Å². The number of carbonyl (C=O) groups excluding carboxylic acids is 2. The molecule has 0 unspecified atom stereocenters. The molecule has 4 nitrogen and oxygen atoms in total. The van der Waals surface area contributed by atoms with Gasteiger partial charge in [-0.3, -0.25) is 9.59 Å². The zero-order valence-corrected chi connectivity index (χ0v) is 16.2. The zero-order valence-electron chi connectivity index (χ0n) is 13.9. The van der Waals surface area contributed by atoms with E-state index in [-0.39, 0.29) is 17.6 Å². The molecule has 0 atom stereocenters. The Morgan fingerprint density at radius 2 is 1.80 bits per heavy atom. The minimum absolute atomic E-state index is 0.104. The predicted octanol–water partition coefficient (Wildman–Crippen LogP) is 5.34. The number of aryl methyl sites for hydroxylation is 1. The summed E-state index contributed by atoms with van der Waals surface area (Å²) in [6, 6.07) is 12.6. The second-order valence-electron chi connectivity index (χ2n) is 5.52. The Morgan fingerprint density at radius 1 is 1.08 bits per heavy atom. The Balaban J connectivity index is 2.01. The van der Waals surface area contributed by atoms with Gasteiger partial charge in [-0.25, -0.2) is 0 Å². The molecule has 0 aliphatic heterocycles. The fourth-order valence-corrected chi connectivity index (χ4v) is 3.21. The first-order valence-electron chi connectivity index (χ1n) is 7.59. The van der Waals surface area contributed by atoms with Crippen LogP contribution in [0.15, 0.2) is 47.4 Å². The van der Waals surface area contributed by atoms with Gasteiger partial charge in [-0.05, 0) is 41.9 Å². The Hall–Kier alpha value is -1.69. The summed E-state index contributed by atoms with van der Waals surface area (Å²) in [5, 5.41) is 3.70. The van der Waals surface area contributed by atoms with E-state index in [1.807, 2.05) is 18.2 Å². The van der Waals surface area contributed by atoms with E-state index in [9.17, 15) is 9.59 Å². The van der Waals surface area contributed by atoms with E-state index >= 15 is 0 Å². The van der Waals surface area contributed by atoms with Crippen molar-refractivity contribution in [1.29, 1.82) is 0 Å². The molecule has 0 saturated heterocycles. The second kappa shape index (κ2) is 9.13. The Morgan fingerprint density at radius 3 is 2.52 bits per heavy atom. The molecule has 0 spiro atoms. The summed E-state index contributed by atoms with van der Waals surface area (Å²) in [5.41, 5.74) is 1.44. The van der Waals surface area contributed by atoms with Crippen molar-refractivity contribution in [3.63, 3.8) is 0 Å². The molecule has 0 heterocycles. The third kappa shape index (κ3) is 5.66. The monoisotopic (exact) mass is 396 g/mol. The number of anilines is 1. The number of nitrogens with one attached hydrogen (secondary N) is 1. The lowest BCUT2D eigenvalue weighted by atomic mass is 10.1. The molecule has 132 valence electrons. The molecule has 2 aromatic carbocycles. The van der Waals surface area contributed by atoms with Crippen LogP contribution >= 0.6 is 35.0 Å². The molecular formula is C18H18Cl2N2O2S. The number of para-hydroxylation sites is 1. The fraction of sp³-hybridized carbons (Fsp3) is 0.222. The van der Waals surface area contributed by atoms with Gasteiger partial charge in [-0.1, -0.05) is 47.5 Å². The molecule has 0 fully saturated rings. The van der Waals surface area contributed by atoms with E-state index in [1.165, 1.54) is 4.90 Å². The lowest BCUT2D eigenvalue weighted by Crippen LogP contribution is -2.17. The summed E-state index contributed by atoms with van der Waals surface area (Å²) in [4.78, 5) is 26.3. The van der Waals surface area contributed by atoms with Crippen LogP contribution in [0.25, 0.3) is 0 Å². The first-order chi connectivity index (χ1) is 11.9. The van der Waals surface area contributed by atoms with Crippen molar-refractivity contribution in [1.82, 2.24) is 4.90 Å². The summed E-state index contributed by atoms with van der Waals surface area (Å²) in [6.07, 6.45) is 0.748. The largest absolute Gasteiger partial charge is 0.339 e. The van der Waals surface area contributed by atoms with E-state index < -0.39 is 0 Å². The van der Waals surface area contributed by atoms with Crippen molar-refractivity contribution in [2.45, 2.75) is 17.7 Å². The maximum absolute atomic E-state index is 12.3. The highest BCUT2D eigenvalue weighted by molar-refractivity contribution is 8.13. The van der Waals surface area contributed by atoms with Crippen LogP contribution in [0.4, 0.5) is 10.5 Å². The van der Waals surface area contributed by atoms with Gasteiger partial charge in [0, 0.05) is 25.4 Å². The average molecular weight is 397 g/mol. The molecule has 0 aliphatic carbocycles. The third-order valence-corrected chi connectivity index (χ3v) is 5.35. The van der Waals surface area contributed by atoms with Crippen molar-refractivity contribution in [3.8, 4) is 0 Å². The quantitative estimate of drug-likeness (QED) is 0.693. The van der Waals surface area contributed by atoms with E-state index in [4.69, 9.17) is 23.2 Å². The van der Waals surface area contributed by atoms with Gasteiger partial charge < -0.3 is 10.2 Å². The molecule has 7 heteroatoms. The lowest BCUT2D eigenvalue weighted by Gasteiger charge is -2.13. The Labute approximate surface area is 161 Å². The second-order valence-corrected chi connectivity index (χ2v) is 7.30. The smallest absolute Gasteiger partial charge is 0.286 e. The molecule has 0 radical (unpaired) electrons. The van der Waals surface area contributed by atoms with Crippen LogP contribution in [-0.4, -0.2) is 30.1 Å². The van der Waals surface area contributed by atoms with Gasteiger partial charge in [0.25, 0.3) is 5.24 Å². The number of hydrogen-bond donors (Lipinski definition) is 1. The minimum Gasteiger partial charge on any atom is -0.339 e. The number of thioether (sulfide) groups is 1. The molecule has 1 N–H and O–H groups in total. The average Bonchev–Trinajstić information content (AvgIpc) is 2.58. The summed E-state index contributed by atoms with van der Waals surface area (Å²) < 4.78 is 0. The highest BCUT2D eigenvalue weighted by atomic mass is 35.5. The van der Waals surface area contributed by atoms with Crippen molar-refractivity contribution < 1.29 is 9.59 Å². The predicted molar refractivity (Wildman–Crippen MR) is 105 cm³/mol. The van der Waals surface area contributed by atoms with E-state index in [1.54, 1.807) is 38.4 Å². The molecule has 2 rings (SSSR count). The van der Waals surface area contributed by atoms with Crippen LogP contribution in [0.2, 0.25) is 10.0 Å². The number of nitrogens with zero attached hydrogens (tertiary/aromatic N) is 1. The van der Waals surface area contributed by atoms with Crippen LogP contribution in [0.5, 0.6) is 0 Å². The minimum atomic E-state index is -0.151. The van der Waals surface area contributed by atoms with Gasteiger partial charge in [0.15, 0.2) is 0 Å². The normalized spacial score (nSPS) is 10.4. The molecular weight excluding hydrogens is 379 g/mol. The zero-order chi connectivity index (χ0) is 18.4. The number of benzene rings is 2. The SMILES string of the molecule is CN(C)C(=O)Sc1ccccc1NC(=O)CCc1cccc(Cl)c1Cl. The summed E-state index contributed by atoms with van der Waals surface area (Å²) in [7, 11) is 3.37. The third-order valence-electron chi connectivity index (χ3n) is 3.38. The van der Waals surface area contributed by atoms with Crippen LogP contribution < -0.4 is 5.32 Å². The number of halogens is 2. The summed E-state index contributed by atoms with van der Waals surface area (Å²) in [5.74, 6) is -0.151. The number of amides is 2. The number of hydrogen-bond acceptors (Lipinski definition) is 3. The molecule has 2 aromatic rings. The van der Waals surface area contributed by atoms with Crippen molar-refractivity contribution >= 4 is 51.8 Å². The van der Waals surface area contributed by atoms with Gasteiger partial charge in [0.05, 0.1) is 15.7 Å². The molecule has 0 bridgehead atoms. The maximum atomic E-state index is 12.3. The van der Waals surface area contributed by atoms with E-state index in [0.29, 0.717) is 27.0 Å². The molecule has 0 aliphatic rings. The standard InChI is InChI=1S/C18H18Cl2N2O2S/c1-22(2)18(24)25-15-9-4-3-8-14(15)21-16(23)11-10-12-6-5-7-13(19)17(12)20/h3-9H,10-11H2,1-2H3,(H,21,23). The van der Waals surface area contributed by atoms with Crippen LogP contribution in [0.1, 0.15) is 12.0 Å². The molecule has 0 aromatic heterocycles. The first kappa shape index (κ1) is 19.6. The molecule has 2 amide bonds. The van der Waals surface area contributed by atoms with E-state index in [2.05, 4.69) is 5.32 Å². The van der Waals surface area contributed by atoms with Crippen LogP contribution in [0, 0.1) is 0 Å². The number of carbonyl (C=O) groups is 2. The van der Waals surface area contributed by atoms with Crippen LogP contribution in [0.3, 0.4) is 0 Å². The van der Waals surface area contributed by atoms with Gasteiger partial charge in [-0.2, -0.15) is 0 Å². The summed E-state index contributed by atoms with van der Waals surface area (Å²) in [6.45, 7) is 0. The van der Waals surface area contributed by atoms with Crippen molar-refractivity contribution in [2.75, 3.05) is 19.4 Å².